The molecule has 6 nitrogen and oxygen atoms in total. The highest BCUT2D eigenvalue weighted by atomic mass is 16.6. The topological polar surface area (TPSA) is 77.2 Å². The molecule has 25 heavy (non-hydrogen) atoms. The second kappa shape index (κ2) is 7.17. The lowest BCUT2D eigenvalue weighted by Crippen LogP contribution is -2.30. The molecule has 1 N–H and O–H groups in total. The molecule has 6 heteroatoms. The number of ether oxygens (including phenoxy) is 1. The van der Waals surface area contributed by atoms with E-state index in [-0.39, 0.29) is 11.7 Å². The molecule has 0 saturated carbocycles. The number of anilines is 1. The number of nitrogens with one attached hydrogen (secondary N) is 1. The zero-order valence-corrected chi connectivity index (χ0v) is 14.3. The molecule has 0 bridgehead atoms. The molecule has 0 aliphatic heterocycles. The van der Waals surface area contributed by atoms with E-state index in [0.29, 0.717) is 11.4 Å². The van der Waals surface area contributed by atoms with E-state index in [1.54, 1.807) is 6.92 Å². The average Bonchev–Trinajstić information content (AvgIpc) is 3.02. The van der Waals surface area contributed by atoms with E-state index in [4.69, 9.17) is 9.37 Å². The summed E-state index contributed by atoms with van der Waals surface area (Å²) in [4.78, 5) is 12.4. The lowest BCUT2D eigenvalue weighted by Gasteiger charge is -2.15. The predicted octanol–water partition coefficient (Wildman–Crippen LogP) is 3.76. The number of rotatable bonds is 5. The zero-order valence-electron chi connectivity index (χ0n) is 14.3. The predicted molar refractivity (Wildman–Crippen MR) is 94.4 cm³/mol. The first kappa shape index (κ1) is 16.7. The molecule has 0 radical (unpaired) electrons. The molecular weight excluding hydrogens is 318 g/mol. The molecule has 0 fully saturated rings. The number of aryl methyl sites for hydroxylation is 2. The van der Waals surface area contributed by atoms with Gasteiger partial charge < -0.3 is 10.1 Å². The van der Waals surface area contributed by atoms with Gasteiger partial charge in [0.15, 0.2) is 11.8 Å². The summed E-state index contributed by atoms with van der Waals surface area (Å²) < 4.78 is 10.5. The van der Waals surface area contributed by atoms with Gasteiger partial charge in [0.1, 0.15) is 5.75 Å². The Balaban J connectivity index is 1.71. The first-order valence-electron chi connectivity index (χ1n) is 7.97. The van der Waals surface area contributed by atoms with E-state index in [0.717, 1.165) is 16.7 Å². The van der Waals surface area contributed by atoms with E-state index >= 15 is 0 Å². The highest BCUT2D eigenvalue weighted by Crippen LogP contribution is 2.24. The monoisotopic (exact) mass is 337 g/mol. The first-order chi connectivity index (χ1) is 12.0. The molecule has 0 aliphatic rings. The van der Waals surface area contributed by atoms with Crippen molar-refractivity contribution in [3.8, 4) is 17.0 Å². The fraction of sp³-hybridized carbons (Fsp3) is 0.211. The highest BCUT2D eigenvalue weighted by Gasteiger charge is 2.20. The zero-order chi connectivity index (χ0) is 17.8. The maximum absolute atomic E-state index is 12.4. The Labute approximate surface area is 145 Å². The van der Waals surface area contributed by atoms with Crippen LogP contribution in [0.2, 0.25) is 0 Å². The van der Waals surface area contributed by atoms with Gasteiger partial charge in [-0.3, -0.25) is 4.79 Å². The van der Waals surface area contributed by atoms with Crippen LogP contribution in [0, 0.1) is 13.8 Å². The fourth-order valence-corrected chi connectivity index (χ4v) is 2.53. The summed E-state index contributed by atoms with van der Waals surface area (Å²) in [6, 6.07) is 15.2. The van der Waals surface area contributed by atoms with Crippen molar-refractivity contribution in [2.45, 2.75) is 26.9 Å². The largest absolute Gasteiger partial charge is 0.481 e. The molecule has 1 aromatic heterocycles. The maximum atomic E-state index is 12.4. The van der Waals surface area contributed by atoms with E-state index in [9.17, 15) is 4.79 Å². The third-order valence-corrected chi connectivity index (χ3v) is 3.65. The van der Waals surface area contributed by atoms with Crippen LogP contribution < -0.4 is 10.1 Å². The Morgan fingerprint density at radius 2 is 1.76 bits per heavy atom. The Morgan fingerprint density at radius 3 is 2.44 bits per heavy atom. The van der Waals surface area contributed by atoms with Crippen molar-refractivity contribution in [2.24, 2.45) is 0 Å². The van der Waals surface area contributed by atoms with Gasteiger partial charge in [0.25, 0.3) is 5.91 Å². The summed E-state index contributed by atoms with van der Waals surface area (Å²) in [5.41, 5.74) is 3.44. The maximum Gasteiger partial charge on any atom is 0.266 e. The normalized spacial score (nSPS) is 11.8. The fourth-order valence-electron chi connectivity index (χ4n) is 2.53. The van der Waals surface area contributed by atoms with Gasteiger partial charge in [0, 0.05) is 5.56 Å². The van der Waals surface area contributed by atoms with Crippen molar-refractivity contribution in [1.29, 1.82) is 0 Å². The number of amides is 1. The molecule has 0 unspecified atom stereocenters. The van der Waals surface area contributed by atoms with Gasteiger partial charge >= 0.3 is 0 Å². The van der Waals surface area contributed by atoms with Gasteiger partial charge in [0.05, 0.1) is 0 Å². The summed E-state index contributed by atoms with van der Waals surface area (Å²) in [6.45, 7) is 5.65. The van der Waals surface area contributed by atoms with E-state index in [2.05, 4.69) is 15.6 Å². The van der Waals surface area contributed by atoms with Gasteiger partial charge in [-0.05, 0) is 54.3 Å². The average molecular weight is 337 g/mol. The van der Waals surface area contributed by atoms with Crippen LogP contribution in [0.4, 0.5) is 5.82 Å². The molecule has 1 heterocycles. The number of carbonyl (C=O) groups excluding carboxylic acids is 1. The van der Waals surface area contributed by atoms with Crippen LogP contribution in [0.1, 0.15) is 18.1 Å². The highest BCUT2D eigenvalue weighted by molar-refractivity contribution is 5.95. The Bertz CT molecular complexity index is 854. The number of carbonyl (C=O) groups is 1. The van der Waals surface area contributed by atoms with Gasteiger partial charge in [-0.25, -0.2) is 4.63 Å². The SMILES string of the molecule is Cc1cc(C)cc(O[C@H](C)C(=O)Nc2nonc2-c2ccccc2)c1. The van der Waals surface area contributed by atoms with Crippen LogP contribution in [-0.2, 0) is 4.79 Å². The van der Waals surface area contributed by atoms with E-state index in [1.165, 1.54) is 0 Å². The molecule has 2 aromatic carbocycles. The summed E-state index contributed by atoms with van der Waals surface area (Å²) >= 11 is 0. The Hall–Kier alpha value is -3.15. The Morgan fingerprint density at radius 1 is 1.08 bits per heavy atom. The number of hydrogen-bond acceptors (Lipinski definition) is 5. The summed E-state index contributed by atoms with van der Waals surface area (Å²) in [5, 5.41) is 10.3. The number of benzene rings is 2. The van der Waals surface area contributed by atoms with Crippen molar-refractivity contribution in [3.63, 3.8) is 0 Å². The molecule has 0 spiro atoms. The smallest absolute Gasteiger partial charge is 0.266 e. The van der Waals surface area contributed by atoms with Crippen molar-refractivity contribution in [2.75, 3.05) is 5.32 Å². The number of hydrogen-bond donors (Lipinski definition) is 1. The summed E-state index contributed by atoms with van der Waals surface area (Å²) in [7, 11) is 0. The lowest BCUT2D eigenvalue weighted by atomic mass is 10.1. The van der Waals surface area contributed by atoms with Gasteiger partial charge in [-0.15, -0.1) is 0 Å². The van der Waals surface area contributed by atoms with Gasteiger partial charge in [-0.1, -0.05) is 36.4 Å². The van der Waals surface area contributed by atoms with Crippen molar-refractivity contribution in [3.05, 3.63) is 59.7 Å². The van der Waals surface area contributed by atoms with Crippen LogP contribution in [-0.4, -0.2) is 22.3 Å². The number of nitrogens with zero attached hydrogens (tertiary/aromatic N) is 2. The van der Waals surface area contributed by atoms with Crippen LogP contribution in [0.25, 0.3) is 11.3 Å². The van der Waals surface area contributed by atoms with Crippen molar-refractivity contribution in [1.82, 2.24) is 10.3 Å². The van der Waals surface area contributed by atoms with Gasteiger partial charge in [0.2, 0.25) is 5.82 Å². The molecule has 3 aromatic rings. The minimum atomic E-state index is -0.693. The summed E-state index contributed by atoms with van der Waals surface area (Å²) in [6.07, 6.45) is -0.693. The second-order valence-corrected chi connectivity index (χ2v) is 5.90. The number of aromatic nitrogens is 2. The standard InChI is InChI=1S/C19H19N3O3/c1-12-9-13(2)11-16(10-12)24-14(3)19(23)20-18-17(21-25-22-18)15-7-5-4-6-8-15/h4-11,14H,1-3H3,(H,20,22,23)/t14-/m1/s1. The minimum Gasteiger partial charge on any atom is -0.481 e. The van der Waals surface area contributed by atoms with Gasteiger partial charge in [-0.2, -0.15) is 0 Å². The molecule has 128 valence electrons. The lowest BCUT2D eigenvalue weighted by molar-refractivity contribution is -0.122. The summed E-state index contributed by atoms with van der Waals surface area (Å²) in [5.74, 6) is 0.598. The van der Waals surface area contributed by atoms with E-state index < -0.39 is 6.10 Å². The molecule has 3 rings (SSSR count). The van der Waals surface area contributed by atoms with Crippen LogP contribution in [0.3, 0.4) is 0 Å². The minimum absolute atomic E-state index is 0.270. The second-order valence-electron chi connectivity index (χ2n) is 5.90. The molecule has 0 aliphatic carbocycles. The van der Waals surface area contributed by atoms with Crippen LogP contribution >= 0.6 is 0 Å². The van der Waals surface area contributed by atoms with Crippen LogP contribution in [0.5, 0.6) is 5.75 Å². The first-order valence-corrected chi connectivity index (χ1v) is 7.97. The van der Waals surface area contributed by atoms with Crippen LogP contribution in [0.15, 0.2) is 53.2 Å². The third-order valence-electron chi connectivity index (χ3n) is 3.65. The molecule has 1 atom stereocenters. The molecular formula is C19H19N3O3. The quantitative estimate of drug-likeness (QED) is 0.767. The van der Waals surface area contributed by atoms with Crippen molar-refractivity contribution < 1.29 is 14.2 Å². The molecule has 0 saturated heterocycles. The molecule has 1 amide bonds. The third kappa shape index (κ3) is 4.03. The Kier molecular flexibility index (Phi) is 4.79. The van der Waals surface area contributed by atoms with Crippen molar-refractivity contribution >= 4 is 11.7 Å². The van der Waals surface area contributed by atoms with E-state index in [1.807, 2.05) is 62.4 Å².